The van der Waals surface area contributed by atoms with Gasteiger partial charge in [-0.05, 0) is 34.2 Å². The standard InChI is InChI=1S/C8H5BrF3N3O3S/c9-4-1-3(18-8(10,11)12)2-5(15(16)17)6(4)14-7(13)19/h1-2H,(H3,13,14,19). The number of nitro groups is 1. The summed E-state index contributed by atoms with van der Waals surface area (Å²) >= 11 is 7.39. The molecule has 0 radical (unpaired) electrons. The lowest BCUT2D eigenvalue weighted by Crippen LogP contribution is -2.20. The molecule has 6 nitrogen and oxygen atoms in total. The van der Waals surface area contributed by atoms with E-state index in [1.807, 2.05) is 0 Å². The molecule has 0 aliphatic heterocycles. The highest BCUT2D eigenvalue weighted by molar-refractivity contribution is 9.10. The Labute approximate surface area is 118 Å². The van der Waals surface area contributed by atoms with Crippen molar-refractivity contribution in [1.82, 2.24) is 0 Å². The van der Waals surface area contributed by atoms with Crippen molar-refractivity contribution in [3.63, 3.8) is 0 Å². The molecule has 0 aromatic heterocycles. The largest absolute Gasteiger partial charge is 0.573 e. The molecule has 0 spiro atoms. The highest BCUT2D eigenvalue weighted by Gasteiger charge is 2.32. The van der Waals surface area contributed by atoms with Gasteiger partial charge in [-0.1, -0.05) is 0 Å². The summed E-state index contributed by atoms with van der Waals surface area (Å²) < 4.78 is 39.7. The van der Waals surface area contributed by atoms with E-state index in [2.05, 4.69) is 38.2 Å². The first kappa shape index (κ1) is 15.4. The number of nitrogens with one attached hydrogen (secondary N) is 1. The van der Waals surface area contributed by atoms with Gasteiger partial charge in [-0.25, -0.2) is 0 Å². The smallest absolute Gasteiger partial charge is 0.405 e. The minimum Gasteiger partial charge on any atom is -0.405 e. The highest BCUT2D eigenvalue weighted by Crippen LogP contribution is 2.38. The molecule has 0 heterocycles. The van der Waals surface area contributed by atoms with E-state index in [9.17, 15) is 23.3 Å². The summed E-state index contributed by atoms with van der Waals surface area (Å²) in [6, 6.07) is 1.51. The van der Waals surface area contributed by atoms with Crippen LogP contribution in [-0.4, -0.2) is 16.4 Å². The van der Waals surface area contributed by atoms with Crippen LogP contribution in [0.4, 0.5) is 24.5 Å². The fraction of sp³-hybridized carbons (Fsp3) is 0.125. The molecule has 11 heteroatoms. The van der Waals surface area contributed by atoms with Crippen molar-refractivity contribution >= 4 is 44.6 Å². The monoisotopic (exact) mass is 359 g/mol. The van der Waals surface area contributed by atoms with Crippen molar-refractivity contribution in [1.29, 1.82) is 0 Å². The first-order valence-corrected chi connectivity index (χ1v) is 5.60. The average Bonchev–Trinajstić information content (AvgIpc) is 2.18. The van der Waals surface area contributed by atoms with Gasteiger partial charge in [0.1, 0.15) is 11.4 Å². The van der Waals surface area contributed by atoms with Crippen LogP contribution in [-0.2, 0) is 0 Å². The molecule has 0 aliphatic carbocycles. The second-order valence-corrected chi connectivity index (χ2v) is 4.39. The van der Waals surface area contributed by atoms with Gasteiger partial charge in [0.2, 0.25) is 0 Å². The lowest BCUT2D eigenvalue weighted by molar-refractivity contribution is -0.384. The lowest BCUT2D eigenvalue weighted by atomic mass is 10.2. The summed E-state index contributed by atoms with van der Waals surface area (Å²) in [7, 11) is 0. The minimum absolute atomic E-state index is 0.0475. The Kier molecular flexibility index (Phi) is 4.52. The first-order valence-electron chi connectivity index (χ1n) is 4.40. The molecule has 1 aromatic rings. The molecule has 0 saturated carbocycles. The van der Waals surface area contributed by atoms with Crippen molar-refractivity contribution in [2.45, 2.75) is 6.36 Å². The van der Waals surface area contributed by atoms with Crippen LogP contribution < -0.4 is 15.8 Å². The molecule has 1 aromatic carbocycles. The fourth-order valence-electron chi connectivity index (χ4n) is 1.15. The zero-order chi connectivity index (χ0) is 14.8. The molecule has 1 rings (SSSR count). The molecule has 0 unspecified atom stereocenters. The van der Waals surface area contributed by atoms with Crippen molar-refractivity contribution in [2.24, 2.45) is 5.73 Å². The molecule has 104 valence electrons. The Hall–Kier alpha value is -1.62. The van der Waals surface area contributed by atoms with Crippen LogP contribution in [0.3, 0.4) is 0 Å². The second kappa shape index (κ2) is 5.57. The van der Waals surface area contributed by atoms with Crippen LogP contribution in [0.5, 0.6) is 5.75 Å². The van der Waals surface area contributed by atoms with Crippen LogP contribution in [0.25, 0.3) is 0 Å². The van der Waals surface area contributed by atoms with Gasteiger partial charge in [0, 0.05) is 0 Å². The zero-order valence-corrected chi connectivity index (χ0v) is 11.2. The maximum Gasteiger partial charge on any atom is 0.573 e. The summed E-state index contributed by atoms with van der Waals surface area (Å²) in [5.41, 5.74) is 4.34. The molecular formula is C8H5BrF3N3O3S. The van der Waals surface area contributed by atoms with Gasteiger partial charge >= 0.3 is 6.36 Å². The number of anilines is 1. The number of benzene rings is 1. The predicted octanol–water partition coefficient (Wildman–Crippen LogP) is 2.91. The number of hydrogen-bond acceptors (Lipinski definition) is 4. The Morgan fingerprint density at radius 1 is 1.53 bits per heavy atom. The van der Waals surface area contributed by atoms with Crippen LogP contribution in [0, 0.1) is 10.1 Å². The molecule has 0 fully saturated rings. The van der Waals surface area contributed by atoms with Crippen LogP contribution in [0.15, 0.2) is 16.6 Å². The van der Waals surface area contributed by atoms with Crippen molar-refractivity contribution in [3.05, 3.63) is 26.7 Å². The number of hydrogen-bond donors (Lipinski definition) is 2. The number of ether oxygens (including phenoxy) is 1. The van der Waals surface area contributed by atoms with E-state index in [1.165, 1.54) is 0 Å². The van der Waals surface area contributed by atoms with Gasteiger partial charge in [-0.2, -0.15) is 0 Å². The van der Waals surface area contributed by atoms with Gasteiger partial charge < -0.3 is 15.8 Å². The van der Waals surface area contributed by atoms with Crippen molar-refractivity contribution < 1.29 is 22.8 Å². The van der Waals surface area contributed by atoms with Crippen molar-refractivity contribution in [3.8, 4) is 5.75 Å². The van der Waals surface area contributed by atoms with Crippen LogP contribution in [0.1, 0.15) is 0 Å². The number of rotatable bonds is 3. The summed E-state index contributed by atoms with van der Waals surface area (Å²) in [6.45, 7) is 0. The number of halogens is 4. The molecule has 0 atom stereocenters. The molecule has 0 saturated heterocycles. The SMILES string of the molecule is NC(=S)Nc1c(Br)cc(OC(F)(F)F)cc1[N+](=O)[O-]. The van der Waals surface area contributed by atoms with Crippen molar-refractivity contribution in [2.75, 3.05) is 5.32 Å². The number of nitrogens with two attached hydrogens (primary N) is 1. The van der Waals surface area contributed by atoms with Gasteiger partial charge in [-0.3, -0.25) is 10.1 Å². The maximum atomic E-state index is 12.1. The molecular weight excluding hydrogens is 355 g/mol. The molecule has 0 amide bonds. The Morgan fingerprint density at radius 3 is 2.53 bits per heavy atom. The van der Waals surface area contributed by atoms with E-state index < -0.39 is 22.7 Å². The van der Waals surface area contributed by atoms with Gasteiger partial charge in [0.05, 0.1) is 15.5 Å². The summed E-state index contributed by atoms with van der Waals surface area (Å²) in [6.07, 6.45) is -4.95. The zero-order valence-electron chi connectivity index (χ0n) is 8.82. The van der Waals surface area contributed by atoms with E-state index in [-0.39, 0.29) is 15.3 Å². The second-order valence-electron chi connectivity index (χ2n) is 3.09. The third-order valence-electron chi connectivity index (χ3n) is 1.72. The fourth-order valence-corrected chi connectivity index (χ4v) is 1.78. The molecule has 19 heavy (non-hydrogen) atoms. The van der Waals surface area contributed by atoms with Crippen LogP contribution in [0.2, 0.25) is 0 Å². The molecule has 3 N–H and O–H groups in total. The van der Waals surface area contributed by atoms with Gasteiger partial charge in [0.15, 0.2) is 5.11 Å². The maximum absolute atomic E-state index is 12.1. The average molecular weight is 360 g/mol. The molecule has 0 bridgehead atoms. The number of alkyl halides is 3. The number of thiocarbonyl (C=S) groups is 1. The van der Waals surface area contributed by atoms with E-state index in [0.717, 1.165) is 6.07 Å². The third kappa shape index (κ3) is 4.52. The Morgan fingerprint density at radius 2 is 2.11 bits per heavy atom. The Bertz CT molecular complexity index is 538. The topological polar surface area (TPSA) is 90.4 Å². The Balaban J connectivity index is 3.29. The van der Waals surface area contributed by atoms with E-state index in [0.29, 0.717) is 6.07 Å². The summed E-state index contributed by atoms with van der Waals surface area (Å²) in [5.74, 6) is -0.737. The summed E-state index contributed by atoms with van der Waals surface area (Å²) in [5, 5.41) is 12.8. The normalized spacial score (nSPS) is 10.9. The van der Waals surface area contributed by atoms with E-state index in [1.54, 1.807) is 0 Å². The first-order chi connectivity index (χ1) is 8.60. The quantitative estimate of drug-likeness (QED) is 0.489. The van der Waals surface area contributed by atoms with E-state index >= 15 is 0 Å². The number of nitrogens with zero attached hydrogens (tertiary/aromatic N) is 1. The van der Waals surface area contributed by atoms with Gasteiger partial charge in [0.25, 0.3) is 5.69 Å². The summed E-state index contributed by atoms with van der Waals surface area (Å²) in [4.78, 5) is 9.90. The van der Waals surface area contributed by atoms with Gasteiger partial charge in [-0.15, -0.1) is 13.2 Å². The van der Waals surface area contributed by atoms with E-state index in [4.69, 9.17) is 5.73 Å². The highest BCUT2D eigenvalue weighted by atomic mass is 79.9. The third-order valence-corrected chi connectivity index (χ3v) is 2.45. The lowest BCUT2D eigenvalue weighted by Gasteiger charge is -2.12. The number of nitro benzene ring substituents is 1. The van der Waals surface area contributed by atoms with Crippen LogP contribution >= 0.6 is 28.1 Å². The minimum atomic E-state index is -4.95. The predicted molar refractivity (Wildman–Crippen MR) is 67.9 cm³/mol. The molecule has 0 aliphatic rings.